The number of para-hydroxylation sites is 1. The van der Waals surface area contributed by atoms with E-state index in [1.807, 2.05) is 58.9 Å². The predicted octanol–water partition coefficient (Wildman–Crippen LogP) is 1.50. The smallest absolute Gasteiger partial charge is 0.320 e. The molecule has 0 aromatic heterocycles. The normalized spacial score (nSPS) is 18.6. The van der Waals surface area contributed by atoms with Gasteiger partial charge in [0.25, 0.3) is 0 Å². The Labute approximate surface area is 161 Å². The van der Waals surface area contributed by atoms with Crippen LogP contribution in [0.4, 0.5) is 10.5 Å². The number of carbonyl (C=O) groups excluding carboxylic acids is 2. The minimum Gasteiger partial charge on any atom is -0.378 e. The largest absolute Gasteiger partial charge is 0.378 e. The van der Waals surface area contributed by atoms with Gasteiger partial charge in [-0.25, -0.2) is 4.79 Å². The molecule has 2 heterocycles. The molecule has 0 bridgehead atoms. The lowest BCUT2D eigenvalue weighted by Gasteiger charge is -2.39. The number of carbonyl (C=O) groups is 2. The number of urea groups is 1. The number of anilines is 1. The maximum atomic E-state index is 12.9. The van der Waals surface area contributed by atoms with E-state index in [9.17, 15) is 9.59 Å². The number of hydrogen-bond acceptors (Lipinski definition) is 4. The summed E-state index contributed by atoms with van der Waals surface area (Å²) >= 11 is 0. The van der Waals surface area contributed by atoms with E-state index < -0.39 is 0 Å². The fourth-order valence-electron chi connectivity index (χ4n) is 3.64. The number of nitrogens with zero attached hydrogens (tertiary/aromatic N) is 4. The van der Waals surface area contributed by atoms with Crippen molar-refractivity contribution in [3.63, 3.8) is 0 Å². The maximum Gasteiger partial charge on any atom is 0.320 e. The highest BCUT2D eigenvalue weighted by Gasteiger charge is 2.28. The fourth-order valence-corrected chi connectivity index (χ4v) is 3.64. The molecule has 27 heavy (non-hydrogen) atoms. The topological polar surface area (TPSA) is 56.3 Å². The second kappa shape index (κ2) is 9.19. The second-order valence-electron chi connectivity index (χ2n) is 7.34. The van der Waals surface area contributed by atoms with Gasteiger partial charge in [-0.1, -0.05) is 18.2 Å². The lowest BCUT2D eigenvalue weighted by molar-refractivity contribution is -0.120. The van der Waals surface area contributed by atoms with Crippen molar-refractivity contribution in [1.82, 2.24) is 14.7 Å². The van der Waals surface area contributed by atoms with E-state index in [0.29, 0.717) is 45.9 Å². The van der Waals surface area contributed by atoms with Crippen molar-refractivity contribution in [2.75, 3.05) is 63.9 Å². The van der Waals surface area contributed by atoms with Gasteiger partial charge in [-0.3, -0.25) is 9.69 Å². The van der Waals surface area contributed by atoms with Gasteiger partial charge in [0.1, 0.15) is 0 Å². The first kappa shape index (κ1) is 19.6. The van der Waals surface area contributed by atoms with Gasteiger partial charge in [-0.05, 0) is 26.0 Å². The van der Waals surface area contributed by atoms with Crippen LogP contribution in [0.1, 0.15) is 13.8 Å². The van der Waals surface area contributed by atoms with Crippen LogP contribution in [0.3, 0.4) is 0 Å². The summed E-state index contributed by atoms with van der Waals surface area (Å²) in [6, 6.07) is 9.99. The van der Waals surface area contributed by atoms with E-state index in [1.165, 1.54) is 0 Å². The molecule has 7 nitrogen and oxygen atoms in total. The Morgan fingerprint density at radius 1 is 0.963 bits per heavy atom. The molecule has 0 spiro atoms. The summed E-state index contributed by atoms with van der Waals surface area (Å²) in [7, 11) is 0. The molecule has 2 aliphatic rings. The summed E-state index contributed by atoms with van der Waals surface area (Å²) in [6.07, 6.45) is 0. The van der Waals surface area contributed by atoms with E-state index in [1.54, 1.807) is 0 Å². The monoisotopic (exact) mass is 374 g/mol. The molecule has 3 rings (SSSR count). The highest BCUT2D eigenvalue weighted by molar-refractivity contribution is 5.95. The molecule has 0 atom stereocenters. The van der Waals surface area contributed by atoms with Crippen molar-refractivity contribution in [2.45, 2.75) is 19.9 Å². The Morgan fingerprint density at radius 3 is 2.15 bits per heavy atom. The number of benzene rings is 1. The zero-order valence-electron chi connectivity index (χ0n) is 16.3. The molecule has 0 N–H and O–H groups in total. The zero-order chi connectivity index (χ0) is 19.2. The molecule has 0 unspecified atom stereocenters. The van der Waals surface area contributed by atoms with Gasteiger partial charge in [0.05, 0.1) is 19.8 Å². The van der Waals surface area contributed by atoms with Crippen LogP contribution in [-0.4, -0.2) is 91.7 Å². The van der Waals surface area contributed by atoms with Gasteiger partial charge in [-0.2, -0.15) is 0 Å². The van der Waals surface area contributed by atoms with E-state index in [0.717, 1.165) is 18.8 Å². The average Bonchev–Trinajstić information content (AvgIpc) is 2.69. The van der Waals surface area contributed by atoms with Gasteiger partial charge in [-0.15, -0.1) is 0 Å². The maximum absolute atomic E-state index is 12.9. The van der Waals surface area contributed by atoms with Crippen molar-refractivity contribution in [3.8, 4) is 0 Å². The van der Waals surface area contributed by atoms with Crippen molar-refractivity contribution in [1.29, 1.82) is 0 Å². The summed E-state index contributed by atoms with van der Waals surface area (Å²) in [5.74, 6) is 0.101. The highest BCUT2D eigenvalue weighted by atomic mass is 16.5. The summed E-state index contributed by atoms with van der Waals surface area (Å²) in [5.41, 5.74) is 0.929. The quantitative estimate of drug-likeness (QED) is 0.801. The first-order valence-corrected chi connectivity index (χ1v) is 9.77. The van der Waals surface area contributed by atoms with Crippen LogP contribution < -0.4 is 4.90 Å². The third kappa shape index (κ3) is 4.99. The van der Waals surface area contributed by atoms with Gasteiger partial charge in [0.15, 0.2) is 0 Å². The van der Waals surface area contributed by atoms with Crippen molar-refractivity contribution < 1.29 is 14.3 Å². The van der Waals surface area contributed by atoms with Crippen LogP contribution in [0.2, 0.25) is 0 Å². The summed E-state index contributed by atoms with van der Waals surface area (Å²) in [5, 5.41) is 0. The zero-order valence-corrected chi connectivity index (χ0v) is 16.3. The SMILES string of the molecule is CC(C)N(C(=O)CN1CCN(C(=O)N2CCOCC2)CC1)c1ccccc1. The Bertz CT molecular complexity index is 623. The Balaban J connectivity index is 1.52. The van der Waals surface area contributed by atoms with Gasteiger partial charge >= 0.3 is 6.03 Å². The molecule has 0 radical (unpaired) electrons. The molecular weight excluding hydrogens is 344 g/mol. The second-order valence-corrected chi connectivity index (χ2v) is 7.34. The van der Waals surface area contributed by atoms with Crippen LogP contribution in [0.5, 0.6) is 0 Å². The molecular formula is C20H30N4O3. The molecule has 2 saturated heterocycles. The predicted molar refractivity (Wildman–Crippen MR) is 105 cm³/mol. The van der Waals surface area contributed by atoms with E-state index in [-0.39, 0.29) is 18.0 Å². The first-order chi connectivity index (χ1) is 13.1. The standard InChI is InChI=1S/C20H30N4O3/c1-17(2)24(18-6-4-3-5-7-18)19(25)16-21-8-10-22(11-9-21)20(26)23-12-14-27-15-13-23/h3-7,17H,8-16H2,1-2H3. The molecule has 2 aliphatic heterocycles. The van der Waals surface area contributed by atoms with Gasteiger partial charge in [0.2, 0.25) is 5.91 Å². The first-order valence-electron chi connectivity index (χ1n) is 9.77. The van der Waals surface area contributed by atoms with Crippen molar-refractivity contribution >= 4 is 17.6 Å². The van der Waals surface area contributed by atoms with Gasteiger partial charge < -0.3 is 19.4 Å². The average molecular weight is 374 g/mol. The Morgan fingerprint density at radius 2 is 1.56 bits per heavy atom. The van der Waals surface area contributed by atoms with Crippen LogP contribution in [0, 0.1) is 0 Å². The number of amides is 3. The number of rotatable bonds is 4. The lowest BCUT2D eigenvalue weighted by Crippen LogP contribution is -2.56. The van der Waals surface area contributed by atoms with Crippen LogP contribution in [0.15, 0.2) is 30.3 Å². The van der Waals surface area contributed by atoms with Crippen LogP contribution in [0.25, 0.3) is 0 Å². The van der Waals surface area contributed by atoms with Crippen LogP contribution >= 0.6 is 0 Å². The lowest BCUT2D eigenvalue weighted by atomic mass is 10.2. The number of piperazine rings is 1. The Hall–Kier alpha value is -2.12. The highest BCUT2D eigenvalue weighted by Crippen LogP contribution is 2.17. The number of hydrogen-bond donors (Lipinski definition) is 0. The third-order valence-electron chi connectivity index (χ3n) is 5.10. The molecule has 0 saturated carbocycles. The van der Waals surface area contributed by atoms with Crippen molar-refractivity contribution in [3.05, 3.63) is 30.3 Å². The van der Waals surface area contributed by atoms with Crippen LogP contribution in [-0.2, 0) is 9.53 Å². The van der Waals surface area contributed by atoms with Gasteiger partial charge in [0, 0.05) is 51.0 Å². The summed E-state index contributed by atoms with van der Waals surface area (Å²) in [6.45, 7) is 9.78. The fraction of sp³-hybridized carbons (Fsp3) is 0.600. The molecule has 1 aromatic rings. The summed E-state index contributed by atoms with van der Waals surface area (Å²) < 4.78 is 5.31. The van der Waals surface area contributed by atoms with Crippen molar-refractivity contribution in [2.24, 2.45) is 0 Å². The third-order valence-corrected chi connectivity index (χ3v) is 5.10. The molecule has 1 aromatic carbocycles. The Kier molecular flexibility index (Phi) is 6.68. The minimum absolute atomic E-state index is 0.0948. The molecule has 148 valence electrons. The minimum atomic E-state index is 0.0948. The van der Waals surface area contributed by atoms with E-state index >= 15 is 0 Å². The molecule has 2 fully saturated rings. The number of morpholine rings is 1. The van der Waals surface area contributed by atoms with E-state index in [2.05, 4.69) is 4.90 Å². The number of ether oxygens (including phenoxy) is 1. The molecule has 3 amide bonds. The molecule has 7 heteroatoms. The molecule has 0 aliphatic carbocycles. The summed E-state index contributed by atoms with van der Waals surface area (Å²) in [4.78, 5) is 33.2. The van der Waals surface area contributed by atoms with E-state index in [4.69, 9.17) is 4.74 Å².